The number of hydrogen-bond acceptors (Lipinski definition) is 1. The highest BCUT2D eigenvalue weighted by Gasteiger charge is 2.32. The highest BCUT2D eigenvalue weighted by molar-refractivity contribution is 9.10. The molecule has 20 heavy (non-hydrogen) atoms. The van der Waals surface area contributed by atoms with Gasteiger partial charge in [0.1, 0.15) is 6.54 Å². The quantitative estimate of drug-likeness (QED) is 0.683. The Hall–Kier alpha value is -1.75. The Bertz CT molecular complexity index is 738. The van der Waals surface area contributed by atoms with Crippen LogP contribution in [0.5, 0.6) is 0 Å². The fraction of sp³-hybridized carbons (Fsp3) is 0.133. The molecule has 3 aromatic rings. The van der Waals surface area contributed by atoms with Crippen molar-refractivity contribution in [3.8, 4) is 0 Å². The molecule has 5 heteroatoms. The second kappa shape index (κ2) is 4.98. The Kier molecular flexibility index (Phi) is 3.30. The fourth-order valence-electron chi connectivity index (χ4n) is 2.11. The molecule has 2 nitrogen and oxygen atoms in total. The molecule has 0 spiro atoms. The van der Waals surface area contributed by atoms with Crippen molar-refractivity contribution < 1.29 is 8.78 Å². The summed E-state index contributed by atoms with van der Waals surface area (Å²) in [7, 11) is 0. The third kappa shape index (κ3) is 2.45. The Labute approximate surface area is 123 Å². The first-order chi connectivity index (χ1) is 9.56. The predicted molar refractivity (Wildman–Crippen MR) is 77.8 cm³/mol. The molecule has 0 unspecified atom stereocenters. The van der Waals surface area contributed by atoms with Crippen LogP contribution in [0.2, 0.25) is 0 Å². The first kappa shape index (κ1) is 13.2. The number of aromatic nitrogens is 2. The zero-order chi connectivity index (χ0) is 14.2. The molecule has 0 fully saturated rings. The van der Waals surface area contributed by atoms with E-state index in [-0.39, 0.29) is 5.56 Å². The van der Waals surface area contributed by atoms with Gasteiger partial charge in [0.25, 0.3) is 5.92 Å². The van der Waals surface area contributed by atoms with E-state index in [1.54, 1.807) is 30.5 Å². The smallest absolute Gasteiger partial charge is 0.265 e. The van der Waals surface area contributed by atoms with E-state index in [1.165, 1.54) is 16.8 Å². The second-order valence-corrected chi connectivity index (χ2v) is 5.42. The summed E-state index contributed by atoms with van der Waals surface area (Å²) in [6, 6.07) is 13.3. The zero-order valence-electron chi connectivity index (χ0n) is 10.4. The van der Waals surface area contributed by atoms with Gasteiger partial charge in [-0.25, -0.2) is 0 Å². The van der Waals surface area contributed by atoms with E-state index in [4.69, 9.17) is 0 Å². The molecule has 0 aliphatic rings. The van der Waals surface area contributed by atoms with Crippen LogP contribution < -0.4 is 0 Å². The van der Waals surface area contributed by atoms with Crippen LogP contribution in [0.25, 0.3) is 10.9 Å². The third-order valence-electron chi connectivity index (χ3n) is 3.10. The van der Waals surface area contributed by atoms with Crippen molar-refractivity contribution in [2.24, 2.45) is 0 Å². The van der Waals surface area contributed by atoms with Crippen LogP contribution in [0.3, 0.4) is 0 Å². The first-order valence-corrected chi connectivity index (χ1v) is 6.90. The predicted octanol–water partition coefficient (Wildman–Crippen LogP) is 4.59. The van der Waals surface area contributed by atoms with Gasteiger partial charge in [0.15, 0.2) is 0 Å². The maximum absolute atomic E-state index is 14.2. The van der Waals surface area contributed by atoms with Gasteiger partial charge in [-0.1, -0.05) is 52.3 Å². The number of alkyl halides is 2. The van der Waals surface area contributed by atoms with Crippen LogP contribution in [0, 0.1) is 0 Å². The van der Waals surface area contributed by atoms with E-state index in [1.807, 2.05) is 12.1 Å². The van der Waals surface area contributed by atoms with Crippen LogP contribution in [0.15, 0.2) is 59.2 Å². The summed E-state index contributed by atoms with van der Waals surface area (Å²) < 4.78 is 30.5. The summed E-state index contributed by atoms with van der Waals surface area (Å²) in [4.78, 5) is 0. The minimum Gasteiger partial charge on any atom is -0.265 e. The molecule has 0 saturated heterocycles. The molecule has 1 aromatic heterocycles. The summed E-state index contributed by atoms with van der Waals surface area (Å²) in [5.74, 6) is -2.95. The number of halogens is 3. The van der Waals surface area contributed by atoms with Gasteiger partial charge >= 0.3 is 0 Å². The average Bonchev–Trinajstić information content (AvgIpc) is 2.83. The fourth-order valence-corrected chi connectivity index (χ4v) is 2.57. The number of rotatable bonds is 3. The zero-order valence-corrected chi connectivity index (χ0v) is 12.0. The number of nitrogens with zero attached hydrogens (tertiary/aromatic N) is 2. The molecule has 0 amide bonds. The maximum atomic E-state index is 14.2. The molecule has 0 atom stereocenters. The molecular weight excluding hydrogens is 326 g/mol. The van der Waals surface area contributed by atoms with Gasteiger partial charge in [-0.2, -0.15) is 13.9 Å². The Morgan fingerprint density at radius 1 is 1.05 bits per heavy atom. The van der Waals surface area contributed by atoms with Crippen molar-refractivity contribution in [3.05, 3.63) is 64.8 Å². The Morgan fingerprint density at radius 3 is 2.50 bits per heavy atom. The summed E-state index contributed by atoms with van der Waals surface area (Å²) in [5, 5.41) is 5.02. The van der Waals surface area contributed by atoms with Crippen LogP contribution in [-0.4, -0.2) is 9.78 Å². The molecular formula is C15H11BrF2N2. The normalized spacial score (nSPS) is 11.9. The topological polar surface area (TPSA) is 17.8 Å². The highest BCUT2D eigenvalue weighted by Crippen LogP contribution is 2.30. The van der Waals surface area contributed by atoms with Crippen LogP contribution in [-0.2, 0) is 12.5 Å². The van der Waals surface area contributed by atoms with Gasteiger partial charge in [-0.15, -0.1) is 0 Å². The van der Waals surface area contributed by atoms with Gasteiger partial charge in [0.05, 0.1) is 5.52 Å². The molecule has 0 N–H and O–H groups in total. The van der Waals surface area contributed by atoms with Gasteiger partial charge in [-0.3, -0.25) is 4.68 Å². The minimum absolute atomic E-state index is 0.00128. The van der Waals surface area contributed by atoms with Crippen molar-refractivity contribution in [3.63, 3.8) is 0 Å². The molecule has 0 bridgehead atoms. The average molecular weight is 337 g/mol. The highest BCUT2D eigenvalue weighted by atomic mass is 79.9. The molecule has 0 radical (unpaired) electrons. The summed E-state index contributed by atoms with van der Waals surface area (Å²) in [6.45, 7) is -0.474. The molecule has 3 rings (SSSR count). The van der Waals surface area contributed by atoms with E-state index >= 15 is 0 Å². The van der Waals surface area contributed by atoms with Gasteiger partial charge in [-0.05, 0) is 12.1 Å². The van der Waals surface area contributed by atoms with Gasteiger partial charge < -0.3 is 0 Å². The van der Waals surface area contributed by atoms with Crippen molar-refractivity contribution >= 4 is 26.8 Å². The molecule has 1 heterocycles. The summed E-state index contributed by atoms with van der Waals surface area (Å²) in [5.41, 5.74) is 0.696. The Balaban J connectivity index is 1.95. The lowest BCUT2D eigenvalue weighted by molar-refractivity contribution is -0.0252. The summed E-state index contributed by atoms with van der Waals surface area (Å²) >= 11 is 3.39. The second-order valence-electron chi connectivity index (χ2n) is 4.57. The third-order valence-corrected chi connectivity index (χ3v) is 3.79. The van der Waals surface area contributed by atoms with Crippen molar-refractivity contribution in [2.75, 3.05) is 0 Å². The SMILES string of the molecule is FC(F)(Cn1cc2c(Br)cccc2n1)c1ccccc1. The summed E-state index contributed by atoms with van der Waals surface area (Å²) in [6.07, 6.45) is 1.64. The van der Waals surface area contributed by atoms with Crippen molar-refractivity contribution in [1.29, 1.82) is 0 Å². The molecule has 0 aliphatic carbocycles. The van der Waals surface area contributed by atoms with Gasteiger partial charge in [0, 0.05) is 21.6 Å². The Morgan fingerprint density at radius 2 is 1.80 bits per heavy atom. The molecule has 0 aliphatic heterocycles. The standard InChI is InChI=1S/C15H11BrF2N2/c16-13-7-4-8-14-12(13)9-20(19-14)10-15(17,18)11-5-2-1-3-6-11/h1-9H,10H2. The molecule has 102 valence electrons. The van der Waals surface area contributed by atoms with Crippen LogP contribution in [0.4, 0.5) is 8.78 Å². The van der Waals surface area contributed by atoms with Gasteiger partial charge in [0.2, 0.25) is 0 Å². The van der Waals surface area contributed by atoms with E-state index in [0.29, 0.717) is 5.52 Å². The van der Waals surface area contributed by atoms with Crippen LogP contribution in [0.1, 0.15) is 5.56 Å². The lowest BCUT2D eigenvalue weighted by Gasteiger charge is -2.16. The van der Waals surface area contributed by atoms with E-state index in [2.05, 4.69) is 21.0 Å². The minimum atomic E-state index is -2.95. The van der Waals surface area contributed by atoms with E-state index in [0.717, 1.165) is 9.86 Å². The number of fused-ring (bicyclic) bond motifs is 1. The monoisotopic (exact) mass is 336 g/mol. The van der Waals surface area contributed by atoms with Crippen LogP contribution >= 0.6 is 15.9 Å². The number of benzene rings is 2. The maximum Gasteiger partial charge on any atom is 0.292 e. The van der Waals surface area contributed by atoms with Crippen molar-refractivity contribution in [2.45, 2.75) is 12.5 Å². The molecule has 0 saturated carbocycles. The lowest BCUT2D eigenvalue weighted by Crippen LogP contribution is -2.21. The van der Waals surface area contributed by atoms with Crippen molar-refractivity contribution in [1.82, 2.24) is 9.78 Å². The lowest BCUT2D eigenvalue weighted by atomic mass is 10.1. The van der Waals surface area contributed by atoms with E-state index in [9.17, 15) is 8.78 Å². The first-order valence-electron chi connectivity index (χ1n) is 6.11. The van der Waals surface area contributed by atoms with E-state index < -0.39 is 12.5 Å². The molecule has 2 aromatic carbocycles. The number of hydrogen-bond donors (Lipinski definition) is 0. The largest absolute Gasteiger partial charge is 0.292 e.